The molecule has 1 aliphatic carbocycles. The van der Waals surface area contributed by atoms with Crippen molar-refractivity contribution in [2.75, 3.05) is 11.9 Å². The van der Waals surface area contributed by atoms with Gasteiger partial charge in [-0.1, -0.05) is 24.3 Å². The predicted molar refractivity (Wildman–Crippen MR) is 119 cm³/mol. The van der Waals surface area contributed by atoms with Crippen molar-refractivity contribution in [1.82, 2.24) is 19.7 Å². The highest BCUT2D eigenvalue weighted by Gasteiger charge is 2.38. The summed E-state index contributed by atoms with van der Waals surface area (Å²) in [6.45, 7) is 0. The molecule has 0 aliphatic heterocycles. The lowest BCUT2D eigenvalue weighted by atomic mass is 9.87. The van der Waals surface area contributed by atoms with Crippen LogP contribution in [0.3, 0.4) is 0 Å². The maximum Gasteiger partial charge on any atom is 0.419 e. The highest BCUT2D eigenvalue weighted by atomic mass is 19.4. The van der Waals surface area contributed by atoms with Crippen LogP contribution in [0.15, 0.2) is 36.5 Å². The van der Waals surface area contributed by atoms with Crippen molar-refractivity contribution in [2.24, 2.45) is 7.05 Å². The minimum Gasteiger partial charge on any atom is -0.503 e. The van der Waals surface area contributed by atoms with Crippen LogP contribution in [0.2, 0.25) is 0 Å². The van der Waals surface area contributed by atoms with Gasteiger partial charge in [-0.2, -0.15) is 23.3 Å². The summed E-state index contributed by atoms with van der Waals surface area (Å²) in [5.41, 5.74) is -0.0485. The Kier molecular flexibility index (Phi) is 5.37. The molecular weight excluding hydrogens is 469 g/mol. The molecule has 4 aromatic rings. The molecule has 5 rings (SSSR count). The van der Waals surface area contributed by atoms with Crippen molar-refractivity contribution in [3.05, 3.63) is 64.9 Å². The number of benzene rings is 2. The van der Waals surface area contributed by atoms with Crippen molar-refractivity contribution in [2.45, 2.75) is 31.5 Å². The van der Waals surface area contributed by atoms with Gasteiger partial charge in [0.1, 0.15) is 5.69 Å². The number of aryl methyl sites for hydroxylation is 2. The molecule has 1 aliphatic rings. The molecule has 182 valence electrons. The zero-order valence-electron chi connectivity index (χ0n) is 18.7. The van der Waals surface area contributed by atoms with E-state index in [2.05, 4.69) is 27.2 Å². The van der Waals surface area contributed by atoms with Gasteiger partial charge in [0.15, 0.2) is 23.0 Å². The fourth-order valence-electron chi connectivity index (χ4n) is 4.67. The van der Waals surface area contributed by atoms with Crippen LogP contribution < -0.4 is 4.90 Å². The third kappa shape index (κ3) is 3.75. The van der Waals surface area contributed by atoms with Crippen molar-refractivity contribution >= 4 is 17.0 Å². The van der Waals surface area contributed by atoms with Crippen LogP contribution in [0.1, 0.15) is 35.6 Å². The first kappa shape index (κ1) is 23.0. The molecule has 0 bridgehead atoms. The van der Waals surface area contributed by atoms with E-state index in [4.69, 9.17) is 0 Å². The third-order valence-electron chi connectivity index (χ3n) is 6.43. The van der Waals surface area contributed by atoms with E-state index in [-0.39, 0.29) is 22.8 Å². The molecule has 2 heterocycles. The number of anilines is 1. The topological polar surface area (TPSA) is 67.1 Å². The second kappa shape index (κ2) is 8.17. The lowest BCUT2D eigenvalue weighted by Gasteiger charge is -2.33. The van der Waals surface area contributed by atoms with Gasteiger partial charge in [-0.25, -0.2) is 18.4 Å². The van der Waals surface area contributed by atoms with Crippen LogP contribution >= 0.6 is 0 Å². The molecular formula is C24H20F5N5O. The van der Waals surface area contributed by atoms with E-state index in [1.165, 1.54) is 29.1 Å². The molecule has 0 amide bonds. The smallest absolute Gasteiger partial charge is 0.419 e. The van der Waals surface area contributed by atoms with Crippen molar-refractivity contribution < 1.29 is 27.1 Å². The van der Waals surface area contributed by atoms with E-state index in [0.717, 1.165) is 19.3 Å². The van der Waals surface area contributed by atoms with E-state index in [0.29, 0.717) is 12.0 Å². The lowest BCUT2D eigenvalue weighted by molar-refractivity contribution is -0.140. The van der Waals surface area contributed by atoms with E-state index >= 15 is 0 Å². The Morgan fingerprint density at radius 3 is 2.63 bits per heavy atom. The Balaban J connectivity index is 1.60. The van der Waals surface area contributed by atoms with Crippen LogP contribution in [0.5, 0.6) is 5.75 Å². The molecule has 6 nitrogen and oxygen atoms in total. The Morgan fingerprint density at radius 1 is 1.14 bits per heavy atom. The predicted octanol–water partition coefficient (Wildman–Crippen LogP) is 5.55. The number of hydrogen-bond acceptors (Lipinski definition) is 5. The summed E-state index contributed by atoms with van der Waals surface area (Å²) in [7, 11) is 3.36. The molecule has 0 saturated carbocycles. The summed E-state index contributed by atoms with van der Waals surface area (Å²) in [5, 5.41) is 14.0. The summed E-state index contributed by atoms with van der Waals surface area (Å²) < 4.78 is 69.7. The first-order chi connectivity index (χ1) is 16.6. The monoisotopic (exact) mass is 489 g/mol. The average molecular weight is 489 g/mol. The van der Waals surface area contributed by atoms with Crippen LogP contribution in [-0.4, -0.2) is 31.9 Å². The summed E-state index contributed by atoms with van der Waals surface area (Å²) in [6, 6.07) is 8.46. The van der Waals surface area contributed by atoms with E-state index in [9.17, 15) is 27.1 Å². The minimum atomic E-state index is -5.14. The molecule has 35 heavy (non-hydrogen) atoms. The van der Waals surface area contributed by atoms with E-state index in [1.54, 1.807) is 0 Å². The van der Waals surface area contributed by atoms with Gasteiger partial charge in [-0.3, -0.25) is 0 Å². The molecule has 1 N–H and O–H groups in total. The van der Waals surface area contributed by atoms with E-state index in [1.807, 2.05) is 24.1 Å². The van der Waals surface area contributed by atoms with Crippen LogP contribution in [0.25, 0.3) is 22.3 Å². The quantitative estimate of drug-likeness (QED) is 0.383. The summed E-state index contributed by atoms with van der Waals surface area (Å²) in [4.78, 5) is 10.8. The molecule has 0 fully saturated rings. The number of halogens is 5. The van der Waals surface area contributed by atoms with Gasteiger partial charge in [0.25, 0.3) is 0 Å². The molecule has 0 saturated heterocycles. The fraction of sp³-hybridized carbons (Fsp3) is 0.292. The number of aromatic hydroxyl groups is 1. The number of rotatable bonds is 3. The Labute approximate surface area is 196 Å². The number of hydrogen-bond donors (Lipinski definition) is 1. The zero-order valence-corrected chi connectivity index (χ0v) is 18.7. The highest BCUT2D eigenvalue weighted by Crippen LogP contribution is 2.42. The van der Waals surface area contributed by atoms with Gasteiger partial charge in [0.2, 0.25) is 5.95 Å². The number of phenols is 1. The minimum absolute atomic E-state index is 0.0333. The lowest BCUT2D eigenvalue weighted by Crippen LogP contribution is -2.29. The fourth-order valence-corrected chi connectivity index (χ4v) is 4.67. The van der Waals surface area contributed by atoms with Crippen LogP contribution in [-0.2, 0) is 19.6 Å². The third-order valence-corrected chi connectivity index (χ3v) is 6.43. The SMILES string of the molecule is CN(c1ncc2c(-c3cc(C(F)(F)F)c(F)c(O)c3F)nn(C)c2n1)[C@@H]1CCCc2ccccc21. The first-order valence-corrected chi connectivity index (χ1v) is 10.9. The highest BCUT2D eigenvalue weighted by molar-refractivity contribution is 5.91. The standard InChI is InChI=1S/C24H20F5N5O/c1-33(17-9-5-7-12-6-3-4-8-13(12)17)23-30-11-15-20(32-34(2)22(15)31-23)14-10-16(24(27,28)29)19(26)21(35)18(14)25/h3-4,6,8,10-11,17,35H,5,7,9H2,1-2H3/t17-/m1/s1. The summed E-state index contributed by atoms with van der Waals surface area (Å²) in [6.07, 6.45) is -0.915. The number of aromatic nitrogens is 4. The van der Waals surface area contributed by atoms with Gasteiger partial charge < -0.3 is 10.0 Å². The Morgan fingerprint density at radius 2 is 1.89 bits per heavy atom. The van der Waals surface area contributed by atoms with Gasteiger partial charge in [0.05, 0.1) is 17.0 Å². The van der Waals surface area contributed by atoms with E-state index < -0.39 is 34.7 Å². The largest absolute Gasteiger partial charge is 0.503 e. The van der Waals surface area contributed by atoms with Crippen molar-refractivity contribution in [3.63, 3.8) is 0 Å². The molecule has 2 aromatic carbocycles. The number of phenolic OH excluding ortho intramolecular Hbond substituents is 1. The Hall–Kier alpha value is -3.76. The molecule has 0 spiro atoms. The molecule has 2 aromatic heterocycles. The van der Waals surface area contributed by atoms with Gasteiger partial charge in [-0.05, 0) is 36.5 Å². The number of fused-ring (bicyclic) bond motifs is 2. The number of nitrogens with zero attached hydrogens (tertiary/aromatic N) is 5. The molecule has 1 atom stereocenters. The second-order valence-corrected chi connectivity index (χ2v) is 8.54. The van der Waals surface area contributed by atoms with Crippen LogP contribution in [0.4, 0.5) is 27.9 Å². The van der Waals surface area contributed by atoms with Gasteiger partial charge >= 0.3 is 6.18 Å². The number of alkyl halides is 3. The summed E-state index contributed by atoms with van der Waals surface area (Å²) >= 11 is 0. The van der Waals surface area contributed by atoms with Crippen molar-refractivity contribution in [3.8, 4) is 17.0 Å². The Bertz CT molecular complexity index is 1450. The van der Waals surface area contributed by atoms with Crippen molar-refractivity contribution in [1.29, 1.82) is 0 Å². The first-order valence-electron chi connectivity index (χ1n) is 10.9. The zero-order chi connectivity index (χ0) is 25.1. The van der Waals surface area contributed by atoms with Crippen LogP contribution in [0, 0.1) is 11.6 Å². The summed E-state index contributed by atoms with van der Waals surface area (Å²) in [5.74, 6) is -4.98. The molecule has 11 heteroatoms. The maximum atomic E-state index is 14.7. The molecule has 0 unspecified atom stereocenters. The van der Waals surface area contributed by atoms with Gasteiger partial charge in [0, 0.05) is 25.9 Å². The maximum absolute atomic E-state index is 14.7. The van der Waals surface area contributed by atoms with Gasteiger partial charge in [-0.15, -0.1) is 0 Å². The molecule has 0 radical (unpaired) electrons. The average Bonchev–Trinajstić information content (AvgIpc) is 3.16. The second-order valence-electron chi connectivity index (χ2n) is 8.54. The normalized spacial score (nSPS) is 15.9.